The smallest absolute Gasteiger partial charge is 0.666 e. The van der Waals surface area contributed by atoms with Gasteiger partial charge in [0.2, 0.25) is 0 Å². The summed E-state index contributed by atoms with van der Waals surface area (Å²) in [6, 6.07) is 5.69. The summed E-state index contributed by atoms with van der Waals surface area (Å²) in [5.41, 5.74) is 13.8. The van der Waals surface area contributed by atoms with Crippen LogP contribution in [0.2, 0.25) is 5.02 Å². The molecule has 5 rings (SSSR count). The molecule has 8 nitrogen and oxygen atoms in total. The van der Waals surface area contributed by atoms with Crippen molar-refractivity contribution in [3.8, 4) is 0 Å². The number of nitrogens with zero attached hydrogens (tertiary/aromatic N) is 3. The summed E-state index contributed by atoms with van der Waals surface area (Å²) in [4.78, 5) is 16.1. The minimum atomic E-state index is -0.514. The molecule has 1 aromatic carbocycles. The van der Waals surface area contributed by atoms with Crippen LogP contribution in [0, 0.1) is 0 Å². The zero-order valence-corrected chi connectivity index (χ0v) is 29.7. The predicted molar refractivity (Wildman–Crippen MR) is 155 cm³/mol. The molecule has 1 aliphatic carbocycles. The van der Waals surface area contributed by atoms with E-state index in [0.717, 1.165) is 36.3 Å². The molecule has 2 atom stereocenters. The molecule has 0 saturated carbocycles. The maximum absolute atomic E-state index is 9.60. The first-order valence-corrected chi connectivity index (χ1v) is 13.3. The third-order valence-electron chi connectivity index (χ3n) is 6.42. The number of aryl methyl sites for hydroxylation is 1. The van der Waals surface area contributed by atoms with Crippen molar-refractivity contribution < 1.29 is 67.7 Å². The summed E-state index contributed by atoms with van der Waals surface area (Å²) in [6.45, 7) is 10.7. The number of carbonyl (C=O) groups excluding carboxylic acids is 1. The van der Waals surface area contributed by atoms with Gasteiger partial charge < -0.3 is 30.6 Å². The molecule has 2 unspecified atom stereocenters. The maximum atomic E-state index is 9.60. The molecule has 39 heavy (non-hydrogen) atoms. The normalized spacial score (nSPS) is 18.9. The number of piperazine rings is 1. The zero-order chi connectivity index (χ0) is 27.7. The first kappa shape index (κ1) is 34.1. The third-order valence-corrected chi connectivity index (χ3v) is 6.65. The van der Waals surface area contributed by atoms with Crippen LogP contribution in [0.1, 0.15) is 43.6 Å². The van der Waals surface area contributed by atoms with Crippen molar-refractivity contribution in [2.75, 3.05) is 33.2 Å². The average Bonchev–Trinajstić information content (AvgIpc) is 3.23. The van der Waals surface area contributed by atoms with Crippen LogP contribution in [0.25, 0.3) is 11.3 Å². The number of carbonyl (C=O) groups is 1. The molecule has 2 aromatic rings. The van der Waals surface area contributed by atoms with Gasteiger partial charge in [0.1, 0.15) is 5.60 Å². The van der Waals surface area contributed by atoms with Gasteiger partial charge >= 0.3 is 58.2 Å². The van der Waals surface area contributed by atoms with Crippen LogP contribution < -0.4 is 68.8 Å². The molecule has 1 saturated heterocycles. The van der Waals surface area contributed by atoms with E-state index in [1.54, 1.807) is 12.5 Å². The Kier molecular flexibility index (Phi) is 14.3. The van der Waals surface area contributed by atoms with E-state index in [4.69, 9.17) is 17.3 Å². The summed E-state index contributed by atoms with van der Waals surface area (Å²) in [6.07, 6.45) is 12.6. The van der Waals surface area contributed by atoms with E-state index in [-0.39, 0.29) is 69.8 Å². The Bertz CT molecular complexity index is 1160. The van der Waals surface area contributed by atoms with Gasteiger partial charge in [0, 0.05) is 50.1 Å². The number of hydrogen-bond acceptors (Lipinski definition) is 6. The summed E-state index contributed by atoms with van der Waals surface area (Å²) in [5, 5.41) is 7.39. The minimum absolute atomic E-state index is 0. The number of fused-ring (bicyclic) bond motifs is 2. The van der Waals surface area contributed by atoms with Gasteiger partial charge in [0.25, 0.3) is 6.47 Å². The maximum Gasteiger partial charge on any atom is 1.00 e. The van der Waals surface area contributed by atoms with Crippen LogP contribution >= 0.6 is 11.6 Å². The summed E-state index contributed by atoms with van der Waals surface area (Å²) >= 11 is 6.26. The first-order valence-electron chi connectivity index (χ1n) is 12.9. The van der Waals surface area contributed by atoms with Crippen molar-refractivity contribution >= 4 is 23.6 Å². The van der Waals surface area contributed by atoms with E-state index in [2.05, 4.69) is 50.5 Å². The molecule has 2 aliphatic heterocycles. The second-order valence-corrected chi connectivity index (χ2v) is 11.0. The fourth-order valence-corrected chi connectivity index (χ4v) is 4.48. The molecule has 10 heteroatoms. The van der Waals surface area contributed by atoms with Crippen LogP contribution in [0.5, 0.6) is 0 Å². The van der Waals surface area contributed by atoms with E-state index in [1.165, 1.54) is 24.2 Å². The minimum Gasteiger partial charge on any atom is -0.666 e. The van der Waals surface area contributed by atoms with E-state index in [0.29, 0.717) is 11.5 Å². The van der Waals surface area contributed by atoms with Crippen LogP contribution in [0.4, 0.5) is 0 Å². The van der Waals surface area contributed by atoms with E-state index in [1.807, 2.05) is 56.8 Å². The fourth-order valence-electron chi connectivity index (χ4n) is 4.31. The molecule has 0 spiro atoms. The molecule has 1 fully saturated rings. The second-order valence-electron chi connectivity index (χ2n) is 10.6. The van der Waals surface area contributed by atoms with Crippen molar-refractivity contribution in [2.24, 2.45) is 7.05 Å². The van der Waals surface area contributed by atoms with Crippen LogP contribution in [0.15, 0.2) is 60.7 Å². The van der Waals surface area contributed by atoms with E-state index >= 15 is 0 Å². The van der Waals surface area contributed by atoms with Gasteiger partial charge in [-0.2, -0.15) is 0 Å². The van der Waals surface area contributed by atoms with Crippen molar-refractivity contribution in [1.82, 2.24) is 25.1 Å². The predicted octanol–water partition coefficient (Wildman–Crippen LogP) is 1.70. The zero-order valence-electron chi connectivity index (χ0n) is 24.0. The molecule has 0 bridgehead atoms. The monoisotopic (exact) mass is 624 g/mol. The molecular formula is C29H40ClN6O2Rb. The number of likely N-dealkylation sites (N-methyl/N-ethyl adjacent to an activating group) is 1. The number of nitrogens with one attached hydrogen (secondary N) is 3. The SMILES string of the molecule is CC(C)(C)OC=O.CN1CCNCC1.Cn1cncc1C([NH-])C1=CC2=CC=CNC2Cc2ccc(Cl)cc21.[Rb+]. The van der Waals surface area contributed by atoms with Gasteiger partial charge in [-0.15, -0.1) is 0 Å². The van der Waals surface area contributed by atoms with E-state index in [9.17, 15) is 4.79 Å². The van der Waals surface area contributed by atoms with Gasteiger partial charge in [-0.05, 0) is 75.3 Å². The molecular weight excluding hydrogens is 585 g/mol. The van der Waals surface area contributed by atoms with Crippen molar-refractivity contribution in [1.29, 1.82) is 0 Å². The molecule has 0 amide bonds. The Morgan fingerprint density at radius 2 is 1.95 bits per heavy atom. The van der Waals surface area contributed by atoms with Gasteiger partial charge in [0.15, 0.2) is 0 Å². The van der Waals surface area contributed by atoms with Crippen molar-refractivity contribution in [3.63, 3.8) is 0 Å². The first-order chi connectivity index (χ1) is 18.1. The number of hydrogen-bond donors (Lipinski definition) is 2. The van der Waals surface area contributed by atoms with Crippen LogP contribution in [-0.4, -0.2) is 65.8 Å². The van der Waals surface area contributed by atoms with Crippen molar-refractivity contribution in [2.45, 2.75) is 44.9 Å². The Labute approximate surface area is 286 Å². The average molecular weight is 626 g/mol. The largest absolute Gasteiger partial charge is 1.00 e. The second kappa shape index (κ2) is 16.4. The number of dihydropyridines is 1. The number of benzene rings is 1. The summed E-state index contributed by atoms with van der Waals surface area (Å²) in [5.74, 6) is 0. The molecule has 206 valence electrons. The quantitative estimate of drug-likeness (QED) is 0.505. The van der Waals surface area contributed by atoms with Gasteiger partial charge in [-0.1, -0.05) is 41.4 Å². The Morgan fingerprint density at radius 1 is 1.23 bits per heavy atom. The number of halogens is 1. The van der Waals surface area contributed by atoms with Crippen LogP contribution in [-0.2, 0) is 23.0 Å². The van der Waals surface area contributed by atoms with Gasteiger partial charge in [0.05, 0.1) is 12.4 Å². The number of imidazole rings is 1. The summed E-state index contributed by atoms with van der Waals surface area (Å²) < 4.78 is 6.45. The number of allylic oxidation sites excluding steroid dienone is 2. The fraction of sp³-hybridized carbons (Fsp3) is 0.448. The topological polar surface area (TPSA) is 95.2 Å². The molecule has 3 N–H and O–H groups in total. The van der Waals surface area contributed by atoms with E-state index < -0.39 is 6.04 Å². The Hall–Kier alpha value is -1.10. The Balaban J connectivity index is 0.000000294. The summed E-state index contributed by atoms with van der Waals surface area (Å²) in [7, 11) is 4.08. The number of aromatic nitrogens is 2. The van der Waals surface area contributed by atoms with Crippen LogP contribution in [0.3, 0.4) is 0 Å². The number of rotatable bonds is 3. The Morgan fingerprint density at radius 3 is 2.49 bits per heavy atom. The molecule has 1 aromatic heterocycles. The molecule has 3 heterocycles. The molecule has 0 radical (unpaired) electrons. The third kappa shape index (κ3) is 10.7. The standard InChI is InChI=1S/C19H18ClN4.C5H12N2.C5H10O2.Rb/c1-24-11-22-10-18(24)19(21)16-7-13-3-2-6-23-17(13)8-12-4-5-14(20)9-15(12)16;1-7-4-2-6-3-5-7;1-5(2,3)7-4-6;/h2-7,9-11,17,19,21,23H,8H2,1H3;6H,2-5H2,1H3;4H,1-3H3;/q-1;;;+1. The number of ether oxygens (including phenoxy) is 1. The van der Waals surface area contributed by atoms with Gasteiger partial charge in [-0.3, -0.25) is 4.79 Å². The van der Waals surface area contributed by atoms with Crippen molar-refractivity contribution in [3.05, 3.63) is 88.3 Å². The molecule has 3 aliphatic rings. The van der Waals surface area contributed by atoms with Gasteiger partial charge in [-0.25, -0.2) is 4.98 Å².